The zero-order valence-electron chi connectivity index (χ0n) is 35.5. The topological polar surface area (TPSA) is 83.6 Å². The number of aromatic hydroxyl groups is 2. The monoisotopic (exact) mass is 753 g/mol. The third-order valence-corrected chi connectivity index (χ3v) is 9.81. The fourth-order valence-corrected chi connectivity index (χ4v) is 6.47. The van der Waals surface area contributed by atoms with Crippen LogP contribution in [0.5, 0.6) is 23.0 Å². The lowest BCUT2D eigenvalue weighted by molar-refractivity contribution is -0.870. The van der Waals surface area contributed by atoms with Gasteiger partial charge in [0, 0.05) is 35.7 Å². The average Bonchev–Trinajstić information content (AvgIpc) is 3.11. The molecule has 2 aromatic carbocycles. The van der Waals surface area contributed by atoms with E-state index in [2.05, 4.69) is 52.3 Å². The molecule has 2 rings (SSSR count). The second-order valence-corrected chi connectivity index (χ2v) is 17.3. The summed E-state index contributed by atoms with van der Waals surface area (Å²) in [5, 5.41) is 20.9. The summed E-state index contributed by atoms with van der Waals surface area (Å²) in [6.45, 7) is 4.84. The zero-order chi connectivity index (χ0) is 39.3. The van der Waals surface area contributed by atoms with E-state index in [0.29, 0.717) is 48.9 Å². The summed E-state index contributed by atoms with van der Waals surface area (Å²) in [4.78, 5) is 8.82. The maximum Gasteiger partial charge on any atom is 0.128 e. The molecule has 0 atom stereocenters. The lowest BCUT2D eigenvalue weighted by atomic mass is 10.1. The van der Waals surface area contributed by atoms with Gasteiger partial charge in [0.25, 0.3) is 0 Å². The first kappa shape index (κ1) is 47.1. The Hall–Kier alpha value is -3.10. The van der Waals surface area contributed by atoms with Crippen molar-refractivity contribution in [2.24, 2.45) is 9.98 Å². The van der Waals surface area contributed by atoms with Crippen LogP contribution in [0.25, 0.3) is 0 Å². The third kappa shape index (κ3) is 25.8. The lowest BCUT2D eigenvalue weighted by Gasteiger charge is -2.23. The van der Waals surface area contributed by atoms with E-state index >= 15 is 0 Å². The van der Waals surface area contributed by atoms with Gasteiger partial charge in [-0.25, -0.2) is 0 Å². The van der Waals surface area contributed by atoms with E-state index < -0.39 is 0 Å². The minimum absolute atomic E-state index is 0.160. The highest BCUT2D eigenvalue weighted by atomic mass is 16.5. The summed E-state index contributed by atoms with van der Waals surface area (Å²) in [5.41, 5.74) is 1.31. The van der Waals surface area contributed by atoms with Gasteiger partial charge in [-0.3, -0.25) is 9.98 Å². The molecule has 8 nitrogen and oxygen atoms in total. The summed E-state index contributed by atoms with van der Waals surface area (Å²) in [6, 6.07) is 10.8. The molecule has 0 saturated heterocycles. The van der Waals surface area contributed by atoms with Gasteiger partial charge in [0.05, 0.1) is 81.7 Å². The molecule has 0 heterocycles. The van der Waals surface area contributed by atoms with Crippen LogP contribution in [0.1, 0.15) is 140 Å². The molecule has 0 fully saturated rings. The molecule has 0 aliphatic heterocycles. The Bertz CT molecular complexity index is 1200. The Kier molecular flexibility index (Phi) is 24.7. The van der Waals surface area contributed by atoms with Crippen molar-refractivity contribution in [1.29, 1.82) is 0 Å². The number of hydrogen-bond acceptors (Lipinski definition) is 6. The van der Waals surface area contributed by atoms with Gasteiger partial charge in [-0.15, -0.1) is 0 Å². The Morgan fingerprint density at radius 2 is 0.741 bits per heavy atom. The second-order valence-electron chi connectivity index (χ2n) is 17.3. The van der Waals surface area contributed by atoms with E-state index in [9.17, 15) is 10.2 Å². The molecule has 0 amide bonds. The summed E-state index contributed by atoms with van der Waals surface area (Å²) in [7, 11) is 13.6. The van der Waals surface area contributed by atoms with Crippen molar-refractivity contribution in [3.63, 3.8) is 0 Å². The summed E-state index contributed by atoms with van der Waals surface area (Å²) in [6.07, 6.45) is 29.2. The van der Waals surface area contributed by atoms with Crippen LogP contribution >= 0.6 is 0 Å². The fraction of sp³-hybridized carbons (Fsp3) is 0.696. The first-order valence-corrected chi connectivity index (χ1v) is 21.5. The molecular formula is C46H80N4O4+2. The highest BCUT2D eigenvalue weighted by Crippen LogP contribution is 2.24. The molecule has 8 heteroatoms. The van der Waals surface area contributed by atoms with Gasteiger partial charge in [-0.1, -0.05) is 89.9 Å². The quantitative estimate of drug-likeness (QED) is 0.0432. The average molecular weight is 753 g/mol. The maximum atomic E-state index is 10.4. The number of nitrogens with zero attached hydrogens (tertiary/aromatic N) is 4. The van der Waals surface area contributed by atoms with Crippen LogP contribution in [0.2, 0.25) is 0 Å². The number of unbranched alkanes of at least 4 members (excludes halogenated alkanes) is 18. The van der Waals surface area contributed by atoms with Crippen LogP contribution < -0.4 is 9.47 Å². The number of quaternary nitrogens is 2. The first-order chi connectivity index (χ1) is 25.9. The van der Waals surface area contributed by atoms with Crippen LogP contribution in [-0.4, -0.2) is 113 Å². The molecule has 54 heavy (non-hydrogen) atoms. The molecule has 0 spiro atoms. The molecular weight excluding hydrogens is 673 g/mol. The summed E-state index contributed by atoms with van der Waals surface area (Å²) in [5.74, 6) is 1.69. The molecule has 2 N–H and O–H groups in total. The standard InChI is InChI=1S/C46H78N4O4/c1-49(2,3)33-23-19-15-11-7-9-13-17-21-25-35-53-43-29-27-41(45(51)37-43)39-47-31-32-48-40-42-28-30-44(38-46(42)52)54-36-26-22-18-14-10-8-12-16-20-24-34-50(4,5)6/h27-30,37-40H,7-26,31-36H2,1-6H3/p+2. The fourth-order valence-electron chi connectivity index (χ4n) is 6.47. The number of phenolic OH excluding ortho intramolecular Hbond substituents is 2. The van der Waals surface area contributed by atoms with Crippen LogP contribution in [0.4, 0.5) is 0 Å². The Labute approximate surface area is 330 Å². The van der Waals surface area contributed by atoms with Gasteiger partial charge in [0.15, 0.2) is 0 Å². The first-order valence-electron chi connectivity index (χ1n) is 21.5. The van der Waals surface area contributed by atoms with Gasteiger partial charge in [-0.05, 0) is 62.8 Å². The number of ether oxygens (including phenoxy) is 2. The number of phenols is 2. The van der Waals surface area contributed by atoms with Crippen molar-refractivity contribution in [3.8, 4) is 23.0 Å². The second kappa shape index (κ2) is 28.3. The minimum Gasteiger partial charge on any atom is -0.507 e. The van der Waals surface area contributed by atoms with Crippen LogP contribution in [0.3, 0.4) is 0 Å². The number of aliphatic imine (C=N–C) groups is 2. The molecule has 0 aliphatic rings. The lowest BCUT2D eigenvalue weighted by Crippen LogP contribution is -2.35. The van der Waals surface area contributed by atoms with Crippen LogP contribution in [0, 0.1) is 0 Å². The highest BCUT2D eigenvalue weighted by molar-refractivity contribution is 5.84. The van der Waals surface area contributed by atoms with Gasteiger partial charge in [0.1, 0.15) is 23.0 Å². The van der Waals surface area contributed by atoms with E-state index in [0.717, 1.165) is 21.8 Å². The Morgan fingerprint density at radius 1 is 0.444 bits per heavy atom. The Morgan fingerprint density at radius 3 is 1.04 bits per heavy atom. The molecule has 306 valence electrons. The number of hydrogen-bond donors (Lipinski definition) is 2. The minimum atomic E-state index is 0.160. The SMILES string of the molecule is C[N+](C)(C)CCCCCCCCCCCCOc1ccc(C=NCCN=Cc2ccc(OCCCCCCCCCCCC[N+](C)(C)C)cc2O)c(O)c1. The molecule has 0 aromatic heterocycles. The maximum absolute atomic E-state index is 10.4. The zero-order valence-corrected chi connectivity index (χ0v) is 35.5. The highest BCUT2D eigenvalue weighted by Gasteiger charge is 2.07. The normalized spacial score (nSPS) is 12.3. The molecule has 0 saturated carbocycles. The van der Waals surface area contributed by atoms with Crippen molar-refractivity contribution in [3.05, 3.63) is 47.5 Å². The van der Waals surface area contributed by atoms with E-state index in [1.807, 2.05) is 24.3 Å². The van der Waals surface area contributed by atoms with Crippen molar-refractivity contribution < 1.29 is 28.7 Å². The van der Waals surface area contributed by atoms with Gasteiger partial charge in [0.2, 0.25) is 0 Å². The predicted octanol–water partition coefficient (Wildman–Crippen LogP) is 10.6. The van der Waals surface area contributed by atoms with E-state index in [1.165, 1.54) is 129 Å². The van der Waals surface area contributed by atoms with E-state index in [4.69, 9.17) is 9.47 Å². The molecule has 2 aromatic rings. The predicted molar refractivity (Wildman–Crippen MR) is 230 cm³/mol. The van der Waals surface area contributed by atoms with Crippen molar-refractivity contribution in [2.45, 2.75) is 128 Å². The molecule has 0 bridgehead atoms. The third-order valence-electron chi connectivity index (χ3n) is 9.81. The molecule has 0 unspecified atom stereocenters. The Balaban J connectivity index is 1.49. The van der Waals surface area contributed by atoms with Crippen molar-refractivity contribution in [1.82, 2.24) is 0 Å². The molecule has 0 radical (unpaired) electrons. The van der Waals surface area contributed by atoms with Gasteiger partial charge >= 0.3 is 0 Å². The van der Waals surface area contributed by atoms with Crippen molar-refractivity contribution >= 4 is 12.4 Å². The van der Waals surface area contributed by atoms with Gasteiger partial charge < -0.3 is 28.7 Å². The molecule has 0 aliphatic carbocycles. The smallest absolute Gasteiger partial charge is 0.128 e. The van der Waals surface area contributed by atoms with Gasteiger partial charge in [-0.2, -0.15) is 0 Å². The summed E-state index contributed by atoms with van der Waals surface area (Å²) < 4.78 is 13.9. The van der Waals surface area contributed by atoms with Crippen molar-refractivity contribution in [2.75, 3.05) is 81.7 Å². The van der Waals surface area contributed by atoms with E-state index in [1.54, 1.807) is 24.6 Å². The van der Waals surface area contributed by atoms with E-state index in [-0.39, 0.29) is 11.5 Å². The van der Waals surface area contributed by atoms with Crippen LogP contribution in [0.15, 0.2) is 46.4 Å². The largest absolute Gasteiger partial charge is 0.507 e. The van der Waals surface area contributed by atoms with Crippen LogP contribution in [-0.2, 0) is 0 Å². The summed E-state index contributed by atoms with van der Waals surface area (Å²) >= 11 is 0. The number of rotatable bonds is 33. The number of benzene rings is 2.